The van der Waals surface area contributed by atoms with Gasteiger partial charge in [0.2, 0.25) is 0 Å². The van der Waals surface area contributed by atoms with Crippen molar-refractivity contribution in [3.63, 3.8) is 0 Å². The number of nitrogens with one attached hydrogen (secondary N) is 1. The summed E-state index contributed by atoms with van der Waals surface area (Å²) in [6.07, 6.45) is 4.47. The van der Waals surface area contributed by atoms with E-state index in [0.717, 1.165) is 13.0 Å². The van der Waals surface area contributed by atoms with Crippen molar-refractivity contribution in [2.24, 2.45) is 11.8 Å². The van der Waals surface area contributed by atoms with Gasteiger partial charge in [0.1, 0.15) is 0 Å². The maximum absolute atomic E-state index is 12.2. The van der Waals surface area contributed by atoms with E-state index in [2.05, 4.69) is 44.9 Å². The Morgan fingerprint density at radius 1 is 1.22 bits per heavy atom. The molecule has 0 aromatic carbocycles. The molecule has 0 saturated heterocycles. The van der Waals surface area contributed by atoms with Crippen LogP contribution in [0.2, 0.25) is 0 Å². The molecule has 1 atom stereocenters. The van der Waals surface area contributed by atoms with Crippen molar-refractivity contribution in [1.82, 2.24) is 9.55 Å². The zero-order valence-electron chi connectivity index (χ0n) is 12.1. The predicted molar refractivity (Wildman–Crippen MR) is 75.9 cm³/mol. The monoisotopic (exact) mass is 251 g/mol. The van der Waals surface area contributed by atoms with Gasteiger partial charge in [0.15, 0.2) is 5.82 Å². The van der Waals surface area contributed by atoms with Crippen molar-refractivity contribution < 1.29 is 0 Å². The van der Waals surface area contributed by atoms with Crippen LogP contribution in [0.25, 0.3) is 0 Å². The molecule has 18 heavy (non-hydrogen) atoms. The number of hydrogen-bond acceptors (Lipinski definition) is 3. The molecule has 0 fully saturated rings. The molecule has 0 radical (unpaired) electrons. The molecular weight excluding hydrogens is 226 g/mol. The highest BCUT2D eigenvalue weighted by atomic mass is 16.1. The summed E-state index contributed by atoms with van der Waals surface area (Å²) in [5.74, 6) is 1.52. The van der Waals surface area contributed by atoms with Crippen LogP contribution < -0.4 is 10.9 Å². The average molecular weight is 251 g/mol. The molecule has 1 rings (SSSR count). The van der Waals surface area contributed by atoms with Crippen molar-refractivity contribution in [3.05, 3.63) is 22.7 Å². The van der Waals surface area contributed by atoms with Gasteiger partial charge in [-0.05, 0) is 25.2 Å². The normalized spacial score (nSPS) is 13.1. The van der Waals surface area contributed by atoms with Crippen LogP contribution in [0.3, 0.4) is 0 Å². The van der Waals surface area contributed by atoms with Crippen LogP contribution in [0.1, 0.15) is 41.0 Å². The lowest BCUT2D eigenvalue weighted by atomic mass is 10.1. The standard InChI is InChI=1S/C14H25N3O/c1-10(2)8-12(5)16-13-14(18)17(7-6-15-13)9-11(3)4/h6-7,10-12H,8-9H2,1-5H3,(H,15,16). The number of nitrogens with zero attached hydrogens (tertiary/aromatic N) is 2. The Morgan fingerprint density at radius 2 is 1.89 bits per heavy atom. The van der Waals surface area contributed by atoms with Crippen molar-refractivity contribution >= 4 is 5.82 Å². The van der Waals surface area contributed by atoms with Crippen LogP contribution in [-0.2, 0) is 6.54 Å². The number of rotatable bonds is 6. The molecule has 1 aromatic heterocycles. The topological polar surface area (TPSA) is 46.9 Å². The van der Waals surface area contributed by atoms with Gasteiger partial charge in [-0.3, -0.25) is 4.79 Å². The largest absolute Gasteiger partial charge is 0.363 e. The van der Waals surface area contributed by atoms with Crippen molar-refractivity contribution in [1.29, 1.82) is 0 Å². The third kappa shape index (κ3) is 4.51. The second kappa shape index (κ2) is 6.57. The van der Waals surface area contributed by atoms with E-state index in [1.807, 2.05) is 0 Å². The van der Waals surface area contributed by atoms with Gasteiger partial charge in [-0.2, -0.15) is 0 Å². The average Bonchev–Trinajstić information content (AvgIpc) is 2.22. The van der Waals surface area contributed by atoms with E-state index in [1.54, 1.807) is 17.0 Å². The number of hydrogen-bond donors (Lipinski definition) is 1. The van der Waals surface area contributed by atoms with Gasteiger partial charge in [0.05, 0.1) is 0 Å². The molecular formula is C14H25N3O. The minimum Gasteiger partial charge on any atom is -0.363 e. The van der Waals surface area contributed by atoms with E-state index in [9.17, 15) is 4.79 Å². The maximum Gasteiger partial charge on any atom is 0.293 e. The highest BCUT2D eigenvalue weighted by Crippen LogP contribution is 2.08. The Bertz CT molecular complexity index is 423. The minimum atomic E-state index is -0.0261. The Hall–Kier alpha value is -1.32. The van der Waals surface area contributed by atoms with E-state index < -0.39 is 0 Å². The molecule has 4 heteroatoms. The van der Waals surface area contributed by atoms with Crippen LogP contribution in [0.5, 0.6) is 0 Å². The molecule has 1 heterocycles. The highest BCUT2D eigenvalue weighted by molar-refractivity contribution is 5.31. The highest BCUT2D eigenvalue weighted by Gasteiger charge is 2.10. The summed E-state index contributed by atoms with van der Waals surface area (Å²) in [7, 11) is 0. The molecule has 1 unspecified atom stereocenters. The summed E-state index contributed by atoms with van der Waals surface area (Å²) in [5.41, 5.74) is -0.0261. The maximum atomic E-state index is 12.2. The number of aromatic nitrogens is 2. The SMILES string of the molecule is CC(C)CC(C)Nc1nccn(CC(C)C)c1=O. The first-order valence-corrected chi connectivity index (χ1v) is 6.72. The molecule has 0 bridgehead atoms. The van der Waals surface area contributed by atoms with Crippen molar-refractivity contribution in [3.8, 4) is 0 Å². The molecule has 0 amide bonds. The molecule has 0 aliphatic heterocycles. The second-order valence-electron chi connectivity index (χ2n) is 5.80. The van der Waals surface area contributed by atoms with Crippen molar-refractivity contribution in [2.75, 3.05) is 5.32 Å². The van der Waals surface area contributed by atoms with E-state index in [0.29, 0.717) is 17.7 Å². The van der Waals surface area contributed by atoms with E-state index >= 15 is 0 Å². The van der Waals surface area contributed by atoms with Crippen LogP contribution in [0, 0.1) is 11.8 Å². The van der Waals surface area contributed by atoms with Gasteiger partial charge >= 0.3 is 0 Å². The minimum absolute atomic E-state index is 0.0261. The summed E-state index contributed by atoms with van der Waals surface area (Å²) in [6, 6.07) is 0.264. The first kappa shape index (κ1) is 14.7. The van der Waals surface area contributed by atoms with Gasteiger partial charge in [0, 0.05) is 25.0 Å². The summed E-state index contributed by atoms with van der Waals surface area (Å²) < 4.78 is 1.72. The zero-order valence-corrected chi connectivity index (χ0v) is 12.1. The fourth-order valence-electron chi connectivity index (χ4n) is 2.08. The van der Waals surface area contributed by atoms with Crippen LogP contribution in [0.4, 0.5) is 5.82 Å². The summed E-state index contributed by atoms with van der Waals surface area (Å²) in [5, 5.41) is 3.21. The van der Waals surface area contributed by atoms with Crippen LogP contribution in [-0.4, -0.2) is 15.6 Å². The number of anilines is 1. The summed E-state index contributed by atoms with van der Waals surface area (Å²) in [4.78, 5) is 16.3. The third-order valence-corrected chi connectivity index (χ3v) is 2.68. The summed E-state index contributed by atoms with van der Waals surface area (Å²) in [6.45, 7) is 11.4. The lowest BCUT2D eigenvalue weighted by Gasteiger charge is -2.17. The van der Waals surface area contributed by atoms with E-state index in [-0.39, 0.29) is 11.6 Å². The molecule has 1 N–H and O–H groups in total. The molecule has 0 spiro atoms. The first-order chi connectivity index (χ1) is 8.40. The molecule has 0 saturated carbocycles. The first-order valence-electron chi connectivity index (χ1n) is 6.72. The van der Waals surface area contributed by atoms with Gasteiger partial charge in [0.25, 0.3) is 5.56 Å². The van der Waals surface area contributed by atoms with Crippen LogP contribution in [0.15, 0.2) is 17.2 Å². The lowest BCUT2D eigenvalue weighted by molar-refractivity contribution is 0.507. The van der Waals surface area contributed by atoms with Gasteiger partial charge < -0.3 is 9.88 Å². The molecule has 0 aliphatic rings. The van der Waals surface area contributed by atoms with Gasteiger partial charge in [-0.25, -0.2) is 4.98 Å². The molecule has 4 nitrogen and oxygen atoms in total. The van der Waals surface area contributed by atoms with Crippen LogP contribution >= 0.6 is 0 Å². The fourth-order valence-corrected chi connectivity index (χ4v) is 2.08. The van der Waals surface area contributed by atoms with E-state index in [1.165, 1.54) is 0 Å². The Balaban J connectivity index is 2.81. The Kier molecular flexibility index (Phi) is 5.38. The zero-order chi connectivity index (χ0) is 13.7. The smallest absolute Gasteiger partial charge is 0.293 e. The quantitative estimate of drug-likeness (QED) is 0.845. The van der Waals surface area contributed by atoms with E-state index in [4.69, 9.17) is 0 Å². The fraction of sp³-hybridized carbons (Fsp3) is 0.714. The van der Waals surface area contributed by atoms with Gasteiger partial charge in [-0.15, -0.1) is 0 Å². The Morgan fingerprint density at radius 3 is 2.44 bits per heavy atom. The molecule has 1 aromatic rings. The molecule has 0 aliphatic carbocycles. The second-order valence-corrected chi connectivity index (χ2v) is 5.80. The van der Waals surface area contributed by atoms with Crippen molar-refractivity contribution in [2.45, 2.75) is 53.6 Å². The third-order valence-electron chi connectivity index (χ3n) is 2.68. The van der Waals surface area contributed by atoms with Gasteiger partial charge in [-0.1, -0.05) is 27.7 Å². The Labute approximate surface area is 109 Å². The summed E-state index contributed by atoms with van der Waals surface area (Å²) >= 11 is 0. The lowest BCUT2D eigenvalue weighted by Crippen LogP contribution is -2.29. The molecule has 102 valence electrons. The predicted octanol–water partition coefficient (Wildman–Crippen LogP) is 2.75.